The van der Waals surface area contributed by atoms with Crippen molar-refractivity contribution >= 4 is 23.7 Å². The molecule has 3 aromatic heterocycles. The van der Waals surface area contributed by atoms with Gasteiger partial charge in [-0.3, -0.25) is 4.68 Å². The lowest BCUT2D eigenvalue weighted by atomic mass is 10.2. The Balaban J connectivity index is 1.36. The molecule has 0 amide bonds. The number of ether oxygens (including phenoxy) is 2. The zero-order chi connectivity index (χ0) is 21.5. The predicted molar refractivity (Wildman–Crippen MR) is 117 cm³/mol. The lowest BCUT2D eigenvalue weighted by Crippen LogP contribution is -2.12. The van der Waals surface area contributed by atoms with E-state index in [1.807, 2.05) is 31.4 Å². The van der Waals surface area contributed by atoms with E-state index >= 15 is 0 Å². The minimum Gasteiger partial charge on any atom is -0.478 e. The van der Waals surface area contributed by atoms with Crippen LogP contribution < -0.4 is 15.4 Å². The molecule has 0 saturated carbocycles. The molecule has 0 bridgehead atoms. The van der Waals surface area contributed by atoms with Crippen LogP contribution in [0, 0.1) is 5.41 Å². The normalized spacial score (nSPS) is 15.6. The molecular weight excluding hydrogens is 396 g/mol. The number of rotatable bonds is 10. The Hall–Kier alpha value is -3.53. The Labute approximate surface area is 180 Å². The molecule has 3 aromatic rings. The maximum atomic E-state index is 7.62. The van der Waals surface area contributed by atoms with E-state index in [0.29, 0.717) is 42.5 Å². The van der Waals surface area contributed by atoms with Gasteiger partial charge in [0, 0.05) is 44.8 Å². The Morgan fingerprint density at radius 1 is 1.32 bits per heavy atom. The molecule has 1 atom stereocenters. The monoisotopic (exact) mass is 422 g/mol. The third-order valence-corrected chi connectivity index (χ3v) is 4.87. The van der Waals surface area contributed by atoms with Crippen LogP contribution in [-0.4, -0.2) is 50.3 Å². The fourth-order valence-electron chi connectivity index (χ4n) is 3.29. The summed E-state index contributed by atoms with van der Waals surface area (Å²) in [5.41, 5.74) is 2.18. The van der Waals surface area contributed by atoms with Crippen LogP contribution in [-0.2, 0) is 18.3 Å². The van der Waals surface area contributed by atoms with E-state index in [2.05, 4.69) is 30.7 Å². The minimum atomic E-state index is 0.302. The van der Waals surface area contributed by atoms with Crippen LogP contribution in [0.5, 0.6) is 5.88 Å². The highest BCUT2D eigenvalue weighted by atomic mass is 16.5. The molecular formula is C21H26N8O2. The van der Waals surface area contributed by atoms with Gasteiger partial charge in [-0.1, -0.05) is 6.07 Å². The lowest BCUT2D eigenvalue weighted by molar-refractivity contribution is 0.0896. The first-order valence-electron chi connectivity index (χ1n) is 10.3. The summed E-state index contributed by atoms with van der Waals surface area (Å²) in [6, 6.07) is 5.68. The highest BCUT2D eigenvalue weighted by Crippen LogP contribution is 2.18. The van der Waals surface area contributed by atoms with Gasteiger partial charge in [0.05, 0.1) is 42.4 Å². The van der Waals surface area contributed by atoms with E-state index in [-0.39, 0.29) is 0 Å². The summed E-state index contributed by atoms with van der Waals surface area (Å²) < 4.78 is 13.1. The van der Waals surface area contributed by atoms with Crippen LogP contribution in [0.15, 0.2) is 36.8 Å². The number of aromatic nitrogens is 5. The van der Waals surface area contributed by atoms with Gasteiger partial charge in [-0.05, 0) is 18.9 Å². The van der Waals surface area contributed by atoms with Crippen molar-refractivity contribution < 1.29 is 9.47 Å². The molecule has 3 N–H and O–H groups in total. The van der Waals surface area contributed by atoms with E-state index in [9.17, 15) is 0 Å². The molecule has 1 fully saturated rings. The third kappa shape index (κ3) is 5.76. The molecule has 31 heavy (non-hydrogen) atoms. The van der Waals surface area contributed by atoms with Crippen molar-refractivity contribution in [3.8, 4) is 5.88 Å². The summed E-state index contributed by atoms with van der Waals surface area (Å²) >= 11 is 0. The highest BCUT2D eigenvalue weighted by molar-refractivity contribution is 5.84. The SMILES string of the molecule is Cn1cc(Nc2ncc(C=N)c(NCc3cccc(OCC[C@H]4CCCO4)n3)n2)cn1. The molecule has 0 radical (unpaired) electrons. The van der Waals surface area contributed by atoms with Gasteiger partial charge in [-0.2, -0.15) is 10.1 Å². The second-order valence-corrected chi connectivity index (χ2v) is 7.26. The molecule has 162 valence electrons. The van der Waals surface area contributed by atoms with Gasteiger partial charge in [0.15, 0.2) is 0 Å². The van der Waals surface area contributed by atoms with Crippen LogP contribution in [0.3, 0.4) is 0 Å². The first-order valence-corrected chi connectivity index (χ1v) is 10.3. The van der Waals surface area contributed by atoms with Crippen molar-refractivity contribution in [2.75, 3.05) is 23.8 Å². The highest BCUT2D eigenvalue weighted by Gasteiger charge is 2.15. The van der Waals surface area contributed by atoms with Gasteiger partial charge in [-0.25, -0.2) is 9.97 Å². The van der Waals surface area contributed by atoms with Gasteiger partial charge in [0.2, 0.25) is 11.8 Å². The van der Waals surface area contributed by atoms with Crippen LogP contribution in [0.25, 0.3) is 0 Å². The fourth-order valence-corrected chi connectivity index (χ4v) is 3.29. The number of anilines is 3. The van der Waals surface area contributed by atoms with Gasteiger partial charge in [0.1, 0.15) is 5.82 Å². The second kappa shape index (κ2) is 9.98. The number of nitrogens with zero attached hydrogens (tertiary/aromatic N) is 5. The number of hydrogen-bond acceptors (Lipinski definition) is 9. The number of hydrogen-bond donors (Lipinski definition) is 3. The topological polar surface area (TPSA) is 123 Å². The molecule has 0 aromatic carbocycles. The maximum absolute atomic E-state index is 7.62. The summed E-state index contributed by atoms with van der Waals surface area (Å²) in [6.07, 6.45) is 9.74. The molecule has 1 aliphatic rings. The van der Waals surface area contributed by atoms with Crippen molar-refractivity contribution in [1.29, 1.82) is 5.41 Å². The van der Waals surface area contributed by atoms with Gasteiger partial charge < -0.3 is 25.5 Å². The second-order valence-electron chi connectivity index (χ2n) is 7.26. The first-order chi connectivity index (χ1) is 15.2. The molecule has 4 heterocycles. The summed E-state index contributed by atoms with van der Waals surface area (Å²) in [5.74, 6) is 1.55. The Morgan fingerprint density at radius 3 is 3.03 bits per heavy atom. The van der Waals surface area contributed by atoms with E-state index in [4.69, 9.17) is 14.9 Å². The van der Waals surface area contributed by atoms with Crippen molar-refractivity contribution in [2.45, 2.75) is 31.9 Å². The van der Waals surface area contributed by atoms with Crippen molar-refractivity contribution in [2.24, 2.45) is 7.05 Å². The smallest absolute Gasteiger partial charge is 0.229 e. The number of nitrogens with one attached hydrogen (secondary N) is 3. The van der Waals surface area contributed by atoms with E-state index in [0.717, 1.165) is 37.3 Å². The average Bonchev–Trinajstić information content (AvgIpc) is 3.44. The van der Waals surface area contributed by atoms with Crippen LogP contribution in [0.4, 0.5) is 17.5 Å². The van der Waals surface area contributed by atoms with Crippen molar-refractivity contribution in [3.05, 3.63) is 48.0 Å². The zero-order valence-electron chi connectivity index (χ0n) is 17.4. The van der Waals surface area contributed by atoms with Crippen molar-refractivity contribution in [3.63, 3.8) is 0 Å². The minimum absolute atomic E-state index is 0.302. The largest absolute Gasteiger partial charge is 0.478 e. The molecule has 4 rings (SSSR count). The van der Waals surface area contributed by atoms with Crippen LogP contribution >= 0.6 is 0 Å². The maximum Gasteiger partial charge on any atom is 0.229 e. The Morgan fingerprint density at radius 2 is 2.26 bits per heavy atom. The van der Waals surface area contributed by atoms with Crippen LogP contribution in [0.1, 0.15) is 30.5 Å². The van der Waals surface area contributed by atoms with E-state index in [1.165, 1.54) is 6.21 Å². The first kappa shape index (κ1) is 20.7. The molecule has 1 aliphatic heterocycles. The van der Waals surface area contributed by atoms with Gasteiger partial charge in [-0.15, -0.1) is 0 Å². The standard InChI is InChI=1S/C21H26N8O2/c1-29-14-17(13-25-29)27-21-24-11-15(10-22)20(28-21)23-12-16-4-2-6-19(26-16)31-9-7-18-5-3-8-30-18/h2,4,6,10-11,13-14,18,22H,3,5,7-9,12H2,1H3,(H2,23,24,27,28)/t18-/m1/s1. The average molecular weight is 422 g/mol. The lowest BCUT2D eigenvalue weighted by Gasteiger charge is -2.12. The van der Waals surface area contributed by atoms with Gasteiger partial charge in [0.25, 0.3) is 0 Å². The zero-order valence-corrected chi connectivity index (χ0v) is 17.4. The number of pyridine rings is 1. The third-order valence-electron chi connectivity index (χ3n) is 4.87. The summed E-state index contributed by atoms with van der Waals surface area (Å²) in [4.78, 5) is 13.3. The fraction of sp³-hybridized carbons (Fsp3) is 0.381. The predicted octanol–water partition coefficient (Wildman–Crippen LogP) is 2.91. The van der Waals surface area contributed by atoms with Crippen molar-refractivity contribution in [1.82, 2.24) is 24.7 Å². The molecule has 10 heteroatoms. The summed E-state index contributed by atoms with van der Waals surface area (Å²) in [7, 11) is 1.84. The number of aryl methyl sites for hydroxylation is 1. The van der Waals surface area contributed by atoms with E-state index in [1.54, 1.807) is 17.1 Å². The molecule has 0 unspecified atom stereocenters. The summed E-state index contributed by atoms with van der Waals surface area (Å²) in [6.45, 7) is 1.87. The molecule has 0 spiro atoms. The van der Waals surface area contributed by atoms with Crippen LogP contribution in [0.2, 0.25) is 0 Å². The molecule has 1 saturated heterocycles. The summed E-state index contributed by atoms with van der Waals surface area (Å²) in [5, 5.41) is 18.1. The molecule has 10 nitrogen and oxygen atoms in total. The quantitative estimate of drug-likeness (QED) is 0.426. The molecule has 0 aliphatic carbocycles. The Bertz CT molecular complexity index is 1020. The van der Waals surface area contributed by atoms with Gasteiger partial charge >= 0.3 is 0 Å². The Kier molecular flexibility index (Phi) is 6.68. The van der Waals surface area contributed by atoms with E-state index < -0.39 is 0 Å².